The predicted octanol–water partition coefficient (Wildman–Crippen LogP) is 5.06. The summed E-state index contributed by atoms with van der Waals surface area (Å²) < 4.78 is 18.1. The SMILES string of the molecule is C=CCON1C(=O)N2CC(I)=CC1C2.C=CCON1C(=O)N2CC(n3ccc(C(=O)NCCO)n3)=CC1C2.C=CCON1C(=O)N2CC(n3ccc(C(=O)NCCO[Si](C)(C)C(C)(C)C)n3)=CC1C2.CC(C)(C)[Si](C)(C)OCCNC(=O)c1ccn(C2=CC3CN(C2)C(=O)N3O)n1.O=C(NCCO)c1ccn[nH]1. The highest BCUT2D eigenvalue weighted by atomic mass is 127. The molecule has 39 heteroatoms. The smallest absolute Gasteiger partial charge is 0.345 e. The molecule has 4 unspecified atom stereocenters. The minimum Gasteiger partial charge on any atom is -0.415 e. The minimum absolute atomic E-state index is 0.0419. The van der Waals surface area contributed by atoms with E-state index in [1.165, 1.54) is 25.0 Å². The highest BCUT2D eigenvalue weighted by Crippen LogP contribution is 2.38. The van der Waals surface area contributed by atoms with Crippen LogP contribution in [0.5, 0.6) is 0 Å². The van der Waals surface area contributed by atoms with Crippen LogP contribution in [0, 0.1) is 0 Å². The normalized spacial score (nSPS) is 19.2. The number of hydrogen-bond donors (Lipinski definition) is 8. The van der Waals surface area contributed by atoms with Gasteiger partial charge >= 0.3 is 24.1 Å². The fourth-order valence-electron chi connectivity index (χ4n) is 11.1. The van der Waals surface area contributed by atoms with Crippen molar-refractivity contribution in [2.45, 2.75) is 102 Å². The molecular formula is C69H101IN20O16Si2. The van der Waals surface area contributed by atoms with E-state index in [-0.39, 0.29) is 121 Å². The van der Waals surface area contributed by atoms with Crippen molar-refractivity contribution >= 4 is 104 Å². The Morgan fingerprint density at radius 3 is 1.22 bits per heavy atom. The van der Waals surface area contributed by atoms with E-state index in [1.807, 2.05) is 12.2 Å². The summed E-state index contributed by atoms with van der Waals surface area (Å²) in [4.78, 5) is 119. The molecule has 8 bridgehead atoms. The first-order valence-corrected chi connectivity index (χ1v) is 42.1. The van der Waals surface area contributed by atoms with Crippen LogP contribution in [0.15, 0.2) is 115 Å². The van der Waals surface area contributed by atoms with Crippen molar-refractivity contribution in [3.63, 3.8) is 0 Å². The number of fused-ring (bicyclic) bond motifs is 8. The van der Waals surface area contributed by atoms with Crippen LogP contribution in [0.1, 0.15) is 83.5 Å². The summed E-state index contributed by atoms with van der Waals surface area (Å²) >= 11 is 2.25. The van der Waals surface area contributed by atoms with E-state index in [2.05, 4.69) is 163 Å². The minimum atomic E-state index is -1.83. The molecule has 4 aromatic heterocycles. The molecule has 0 aliphatic carbocycles. The topological polar surface area (TPSA) is 400 Å². The maximum Gasteiger partial charge on any atom is 0.345 e. The van der Waals surface area contributed by atoms with Gasteiger partial charge in [0.05, 0.1) is 114 Å². The first-order valence-electron chi connectivity index (χ1n) is 35.2. The lowest BCUT2D eigenvalue weighted by Crippen LogP contribution is -2.42. The molecule has 4 atom stereocenters. The van der Waals surface area contributed by atoms with E-state index in [1.54, 1.807) is 101 Å². The van der Waals surface area contributed by atoms with Gasteiger partial charge in [-0.05, 0) is 107 Å². The zero-order valence-electron chi connectivity index (χ0n) is 62.8. The van der Waals surface area contributed by atoms with Crippen LogP contribution < -0.4 is 21.3 Å². The molecule has 588 valence electrons. The van der Waals surface area contributed by atoms with Gasteiger partial charge in [-0.1, -0.05) is 59.8 Å². The van der Waals surface area contributed by atoms with Gasteiger partial charge in [0.2, 0.25) is 0 Å². The number of halogens is 1. The molecule has 36 nitrogen and oxygen atoms in total. The molecule has 0 aromatic carbocycles. The highest BCUT2D eigenvalue weighted by molar-refractivity contribution is 14.1. The average Bonchev–Trinajstić information content (AvgIpc) is 1.63. The Morgan fingerprint density at radius 1 is 0.528 bits per heavy atom. The molecule has 4 saturated heterocycles. The summed E-state index contributed by atoms with van der Waals surface area (Å²) in [5, 5.41) is 61.8. The average molecular weight is 1650 g/mol. The fraction of sp³-hybridized carbons (Fsp3) is 0.507. The van der Waals surface area contributed by atoms with E-state index in [4.69, 9.17) is 33.6 Å². The van der Waals surface area contributed by atoms with Crippen molar-refractivity contribution in [1.82, 2.24) is 101 Å². The van der Waals surface area contributed by atoms with E-state index in [0.29, 0.717) is 95.8 Å². The maximum atomic E-state index is 12.5. The Morgan fingerprint density at radius 2 is 0.870 bits per heavy atom. The van der Waals surface area contributed by atoms with Gasteiger partial charge in [0.1, 0.15) is 5.69 Å². The van der Waals surface area contributed by atoms with E-state index in [0.717, 1.165) is 28.7 Å². The fourth-order valence-corrected chi connectivity index (χ4v) is 14.0. The van der Waals surface area contributed by atoms with Crippen LogP contribution in [-0.2, 0) is 23.4 Å². The van der Waals surface area contributed by atoms with Crippen LogP contribution in [-0.4, -0.2) is 308 Å². The molecule has 0 radical (unpaired) electrons. The van der Waals surface area contributed by atoms with Crippen molar-refractivity contribution < 1.29 is 77.1 Å². The number of hydrogen-bond acceptors (Lipinski definition) is 20. The molecule has 0 spiro atoms. The predicted molar refractivity (Wildman–Crippen MR) is 411 cm³/mol. The van der Waals surface area contributed by atoms with Gasteiger partial charge in [0.15, 0.2) is 33.7 Å². The van der Waals surface area contributed by atoms with Crippen molar-refractivity contribution in [1.29, 1.82) is 0 Å². The number of H-pyrrole nitrogens is 1. The van der Waals surface area contributed by atoms with Gasteiger partial charge in [-0.15, -0.1) is 19.7 Å². The second-order valence-electron chi connectivity index (χ2n) is 28.7. The van der Waals surface area contributed by atoms with Crippen LogP contribution in [0.25, 0.3) is 17.1 Å². The number of carbonyl (C=O) groups is 8. The first kappa shape index (κ1) is 84.4. The molecule has 4 aromatic rings. The van der Waals surface area contributed by atoms with Crippen LogP contribution in [0.3, 0.4) is 0 Å². The number of aromatic amines is 1. The molecule has 108 heavy (non-hydrogen) atoms. The Kier molecular flexibility index (Phi) is 29.5. The molecule has 8 N–H and O–H groups in total. The monoisotopic (exact) mass is 1650 g/mol. The Bertz CT molecular complexity index is 3990. The third-order valence-corrected chi connectivity index (χ3v) is 28.6. The summed E-state index contributed by atoms with van der Waals surface area (Å²) in [6.45, 7) is 39.7. The van der Waals surface area contributed by atoms with E-state index >= 15 is 0 Å². The third kappa shape index (κ3) is 21.6. The number of rotatable bonds is 28. The lowest BCUT2D eigenvalue weighted by Gasteiger charge is -2.36. The number of hydroxylamine groups is 8. The third-order valence-electron chi connectivity index (χ3n) is 18.8. The number of carbonyl (C=O) groups excluding carboxylic acids is 8. The largest absolute Gasteiger partial charge is 0.415 e. The number of aromatic nitrogens is 8. The number of aliphatic hydroxyl groups excluding tert-OH is 2. The number of amides is 12. The van der Waals surface area contributed by atoms with Gasteiger partial charge in [0, 0.05) is 80.7 Å². The number of urea groups is 4. The van der Waals surface area contributed by atoms with Crippen molar-refractivity contribution in [3.8, 4) is 0 Å². The van der Waals surface area contributed by atoms with Crippen LogP contribution in [0.2, 0.25) is 36.3 Å². The zero-order valence-corrected chi connectivity index (χ0v) is 66.9. The molecule has 12 heterocycles. The lowest BCUT2D eigenvalue weighted by molar-refractivity contribution is -0.107. The quantitative estimate of drug-likeness (QED) is 0.0121. The van der Waals surface area contributed by atoms with Gasteiger partial charge in [-0.2, -0.15) is 40.6 Å². The zero-order chi connectivity index (χ0) is 78.8. The van der Waals surface area contributed by atoms with Gasteiger partial charge in [-0.3, -0.25) is 44.0 Å². The summed E-state index contributed by atoms with van der Waals surface area (Å²) in [6.07, 6.45) is 19.1. The standard InChI is InChI=1S/C21H33N5O4Si.C18H29N5O4Si.C15H19N5O4.C9H11IN2O2.C6H9N3O2/c1-7-11-29-26-17-13-16(14-24(15-17)20(26)28)25-10-8-18(23-25)19(27)22-9-12-30-31(5,6)21(2,3)4;1-18(2,3)28(4,5)27-9-7-19-16(24)15-6-8-22(20-15)13-10-14-12-21(11-13)17(25)23(14)26;1-2-7-24-20-12-8-11(9-18(10-12)15(20)23)19-5-3-13(17-19)14(22)16-4-6-21;1-2-3-14-12-8-4-7(10)5-11(6-8)9(12)13;10-4-3-7-6(11)5-1-2-8-9-5/h7-8,10,13,17H,1,9,11-12,14-15H2,2-6H3,(H,22,27);6,8,10,14,26H,7,9,11-12H2,1-5H3,(H,19,24);2-3,5,8,12,21H,1,4,6-7,9-10H2,(H,16,22);2,4,8H,1,3,5-6H2;1-2,10H,3-4H2,(H,7,11)(H,8,9). The lowest BCUT2D eigenvalue weighted by atomic mass is 10.2. The summed E-state index contributed by atoms with van der Waals surface area (Å²) in [6, 6.07) is 4.93. The van der Waals surface area contributed by atoms with Gasteiger partial charge in [-0.25, -0.2) is 33.2 Å². The van der Waals surface area contributed by atoms with Crippen LogP contribution in [0.4, 0.5) is 19.2 Å². The number of aliphatic hydroxyl groups is 2. The molecular weight excluding hydrogens is 1550 g/mol. The van der Waals surface area contributed by atoms with E-state index < -0.39 is 22.7 Å². The number of nitrogens with one attached hydrogen (secondary N) is 5. The highest BCUT2D eigenvalue weighted by Gasteiger charge is 2.45. The van der Waals surface area contributed by atoms with Crippen molar-refractivity contribution in [2.75, 3.05) is 125 Å². The molecule has 12 rings (SSSR count). The van der Waals surface area contributed by atoms with E-state index in [9.17, 15) is 43.6 Å². The molecule has 12 amide bonds. The molecule has 4 fully saturated rings. The Balaban J connectivity index is 0.000000177. The van der Waals surface area contributed by atoms with Gasteiger partial charge < -0.3 is 59.9 Å². The molecule has 0 saturated carbocycles. The Hall–Kier alpha value is -9.18. The van der Waals surface area contributed by atoms with Crippen molar-refractivity contribution in [3.05, 3.63) is 138 Å². The second-order valence-corrected chi connectivity index (χ2v) is 39.7. The van der Waals surface area contributed by atoms with Crippen LogP contribution >= 0.6 is 22.6 Å². The maximum absolute atomic E-state index is 12.5. The summed E-state index contributed by atoms with van der Waals surface area (Å²) in [5.74, 6) is -1.12. The van der Waals surface area contributed by atoms with Gasteiger partial charge in [0.25, 0.3) is 23.6 Å². The first-order chi connectivity index (χ1) is 51.2. The summed E-state index contributed by atoms with van der Waals surface area (Å²) in [7, 11) is -3.66. The summed E-state index contributed by atoms with van der Waals surface area (Å²) in [5.41, 5.74) is 3.66. The second kappa shape index (κ2) is 37.8. The Labute approximate surface area is 642 Å². The number of nitrogens with zero attached hydrogens (tertiary/aromatic N) is 15. The molecule has 8 aliphatic heterocycles. The van der Waals surface area contributed by atoms with Crippen molar-refractivity contribution in [2.24, 2.45) is 0 Å². The molecule has 8 aliphatic rings.